The molecule has 0 spiro atoms. The van der Waals surface area contributed by atoms with Crippen LogP contribution in [0.1, 0.15) is 44.4 Å². The fourth-order valence-electron chi connectivity index (χ4n) is 6.28. The topological polar surface area (TPSA) is 48.4 Å². The summed E-state index contributed by atoms with van der Waals surface area (Å²) >= 11 is 0. The lowest BCUT2D eigenvalue weighted by Gasteiger charge is -2.44. The third kappa shape index (κ3) is 5.24. The first-order chi connectivity index (χ1) is 18.0. The van der Waals surface area contributed by atoms with Gasteiger partial charge in [0.25, 0.3) is 0 Å². The van der Waals surface area contributed by atoms with Crippen molar-refractivity contribution in [3.63, 3.8) is 0 Å². The van der Waals surface area contributed by atoms with Gasteiger partial charge >= 0.3 is 5.97 Å². The summed E-state index contributed by atoms with van der Waals surface area (Å²) in [6.07, 6.45) is 8.69. The van der Waals surface area contributed by atoms with E-state index in [1.165, 1.54) is 12.1 Å². The summed E-state index contributed by atoms with van der Waals surface area (Å²) in [5, 5.41) is 0. The van der Waals surface area contributed by atoms with Gasteiger partial charge in [0.1, 0.15) is 11.9 Å². The van der Waals surface area contributed by atoms with Gasteiger partial charge in [0.2, 0.25) is 0 Å². The lowest BCUT2D eigenvalue weighted by Crippen LogP contribution is -2.48. The van der Waals surface area contributed by atoms with Crippen LogP contribution in [0.2, 0.25) is 0 Å². The highest BCUT2D eigenvalue weighted by molar-refractivity contribution is 5.80. The van der Waals surface area contributed by atoms with Crippen LogP contribution in [-0.2, 0) is 20.9 Å². The smallest absolute Gasteiger partial charge is 0.315 e. The Labute approximate surface area is 218 Å². The Hall–Kier alpha value is -3.31. The van der Waals surface area contributed by atoms with Crippen molar-refractivity contribution in [2.75, 3.05) is 6.61 Å². The number of pyridine rings is 1. The van der Waals surface area contributed by atoms with E-state index in [-0.39, 0.29) is 29.7 Å². The molecule has 2 aromatic carbocycles. The Balaban J connectivity index is 1.35. The molecule has 2 fully saturated rings. The maximum atomic E-state index is 13.6. The van der Waals surface area contributed by atoms with Crippen molar-refractivity contribution in [3.8, 4) is 11.1 Å². The number of fused-ring (bicyclic) bond motifs is 1. The molecular formula is C32H34FNO3. The molecule has 0 amide bonds. The maximum absolute atomic E-state index is 13.6. The van der Waals surface area contributed by atoms with Crippen LogP contribution >= 0.6 is 0 Å². The molecule has 0 radical (unpaired) electrons. The van der Waals surface area contributed by atoms with Gasteiger partial charge in [0, 0.05) is 17.7 Å². The summed E-state index contributed by atoms with van der Waals surface area (Å²) in [6.45, 7) is 5.10. The van der Waals surface area contributed by atoms with Crippen molar-refractivity contribution < 1.29 is 18.7 Å². The average molecular weight is 500 g/mol. The van der Waals surface area contributed by atoms with Crippen molar-refractivity contribution in [2.45, 2.75) is 45.8 Å². The normalized spacial score (nSPS) is 27.3. The lowest BCUT2D eigenvalue weighted by atomic mass is 9.57. The highest BCUT2D eigenvalue weighted by atomic mass is 19.1. The number of aromatic nitrogens is 1. The minimum atomic E-state index is -0.621. The highest BCUT2D eigenvalue weighted by Crippen LogP contribution is 2.55. The van der Waals surface area contributed by atoms with E-state index < -0.39 is 5.41 Å². The van der Waals surface area contributed by atoms with Gasteiger partial charge in [-0.15, -0.1) is 0 Å². The van der Waals surface area contributed by atoms with Gasteiger partial charge in [0.15, 0.2) is 0 Å². The molecule has 5 atom stereocenters. The molecule has 2 aliphatic rings. The number of hydrogen-bond donors (Lipinski definition) is 0. The molecule has 1 aliphatic carbocycles. The summed E-state index contributed by atoms with van der Waals surface area (Å²) in [6, 6.07) is 20.5. The van der Waals surface area contributed by atoms with E-state index in [0.717, 1.165) is 41.6 Å². The molecule has 192 valence electrons. The third-order valence-corrected chi connectivity index (χ3v) is 8.19. The van der Waals surface area contributed by atoms with Crippen molar-refractivity contribution in [2.24, 2.45) is 23.2 Å². The van der Waals surface area contributed by atoms with Crippen molar-refractivity contribution >= 4 is 12.0 Å². The van der Waals surface area contributed by atoms with Crippen molar-refractivity contribution in [1.29, 1.82) is 0 Å². The van der Waals surface area contributed by atoms with Crippen LogP contribution < -0.4 is 0 Å². The van der Waals surface area contributed by atoms with E-state index in [9.17, 15) is 9.18 Å². The molecule has 1 aliphatic heterocycles. The molecule has 4 unspecified atom stereocenters. The number of carbonyl (C=O) groups is 1. The minimum absolute atomic E-state index is 0.0530. The first-order valence-electron chi connectivity index (χ1n) is 13.2. The lowest BCUT2D eigenvalue weighted by molar-refractivity contribution is -0.153. The monoisotopic (exact) mass is 499 g/mol. The number of benzene rings is 2. The molecule has 0 bridgehead atoms. The Morgan fingerprint density at radius 1 is 1.11 bits per heavy atom. The molecule has 3 aromatic rings. The van der Waals surface area contributed by atoms with Crippen LogP contribution in [0.3, 0.4) is 0 Å². The van der Waals surface area contributed by atoms with Crippen molar-refractivity contribution in [1.82, 2.24) is 4.98 Å². The molecule has 4 nitrogen and oxygen atoms in total. The zero-order valence-corrected chi connectivity index (χ0v) is 21.5. The van der Waals surface area contributed by atoms with Crippen LogP contribution in [-0.4, -0.2) is 23.7 Å². The fourth-order valence-corrected chi connectivity index (χ4v) is 6.28. The third-order valence-electron chi connectivity index (χ3n) is 8.19. The van der Waals surface area contributed by atoms with Crippen LogP contribution in [0.5, 0.6) is 0 Å². The second-order valence-corrected chi connectivity index (χ2v) is 10.4. The number of cyclic esters (lactones) is 1. The molecule has 37 heavy (non-hydrogen) atoms. The van der Waals surface area contributed by atoms with E-state index in [1.54, 1.807) is 12.3 Å². The molecule has 5 heteroatoms. The quantitative estimate of drug-likeness (QED) is 0.310. The zero-order valence-electron chi connectivity index (χ0n) is 21.5. The van der Waals surface area contributed by atoms with E-state index in [1.807, 2.05) is 55.5 Å². The van der Waals surface area contributed by atoms with Crippen LogP contribution in [0, 0.1) is 29.0 Å². The molecule has 1 saturated carbocycles. The van der Waals surface area contributed by atoms with Gasteiger partial charge in [-0.3, -0.25) is 9.78 Å². The number of esters is 1. The van der Waals surface area contributed by atoms with E-state index in [2.05, 4.69) is 24.1 Å². The average Bonchev–Trinajstić information content (AvgIpc) is 3.17. The summed E-state index contributed by atoms with van der Waals surface area (Å²) in [4.78, 5) is 17.8. The summed E-state index contributed by atoms with van der Waals surface area (Å²) in [5.41, 5.74) is 2.99. The number of carbonyl (C=O) groups excluding carboxylic acids is 1. The molecule has 1 aromatic heterocycles. The Bertz CT molecular complexity index is 1240. The van der Waals surface area contributed by atoms with Crippen molar-refractivity contribution in [3.05, 3.63) is 96.1 Å². The number of hydrogen-bond acceptors (Lipinski definition) is 4. The number of nitrogens with zero attached hydrogens (tertiary/aromatic N) is 1. The SMILES string of the molecule is CCC1CC[C@@]2(COCc3ccccc3)C(=O)OC(C)C2C1/C=C/c1ccc(-c2cccc(F)c2)cn1. The van der Waals surface area contributed by atoms with E-state index in [0.29, 0.717) is 19.1 Å². The number of allylic oxidation sites excluding steroid dienone is 1. The summed E-state index contributed by atoms with van der Waals surface area (Å²) in [7, 11) is 0. The summed E-state index contributed by atoms with van der Waals surface area (Å²) in [5.74, 6) is 0.321. The van der Waals surface area contributed by atoms with Crippen LogP contribution in [0.25, 0.3) is 17.2 Å². The zero-order chi connectivity index (χ0) is 25.8. The molecule has 1 saturated heterocycles. The van der Waals surface area contributed by atoms with Gasteiger partial charge in [-0.25, -0.2) is 4.39 Å². The maximum Gasteiger partial charge on any atom is 0.315 e. The van der Waals surface area contributed by atoms with Gasteiger partial charge in [-0.05, 0) is 67.0 Å². The molecule has 5 rings (SSSR count). The Kier molecular flexibility index (Phi) is 7.52. The second-order valence-electron chi connectivity index (χ2n) is 10.4. The van der Waals surface area contributed by atoms with Crippen LogP contribution in [0.15, 0.2) is 79.0 Å². The first kappa shape index (κ1) is 25.3. The predicted octanol–water partition coefficient (Wildman–Crippen LogP) is 7.10. The molecule has 0 N–H and O–H groups in total. The van der Waals surface area contributed by atoms with Gasteiger partial charge < -0.3 is 9.47 Å². The number of ether oxygens (including phenoxy) is 2. The molecule has 2 heterocycles. The van der Waals surface area contributed by atoms with E-state index in [4.69, 9.17) is 9.47 Å². The minimum Gasteiger partial charge on any atom is -0.462 e. The summed E-state index contributed by atoms with van der Waals surface area (Å²) < 4.78 is 25.6. The number of halogens is 1. The van der Waals surface area contributed by atoms with Crippen LogP contribution in [0.4, 0.5) is 4.39 Å². The second kappa shape index (κ2) is 11.0. The molecular weight excluding hydrogens is 465 g/mol. The van der Waals surface area contributed by atoms with Gasteiger partial charge in [0.05, 0.1) is 24.3 Å². The van der Waals surface area contributed by atoms with Gasteiger partial charge in [-0.1, -0.05) is 68.0 Å². The number of rotatable bonds is 8. The Morgan fingerprint density at radius 3 is 2.68 bits per heavy atom. The standard InChI is InChI=1S/C32H34FNO3/c1-3-24-16-17-32(21-36-20-23-8-5-4-6-9-23)30(22(2)37-31(32)35)29(24)15-14-28-13-12-26(19-34-28)25-10-7-11-27(33)18-25/h4-15,18-19,22,24,29-30H,3,16-17,20-21H2,1-2H3/b15-14+/t22?,24?,29?,30?,32-/m0/s1. The van der Waals surface area contributed by atoms with Gasteiger partial charge in [-0.2, -0.15) is 0 Å². The highest BCUT2D eigenvalue weighted by Gasteiger charge is 2.61. The predicted molar refractivity (Wildman–Crippen MR) is 143 cm³/mol. The first-order valence-corrected chi connectivity index (χ1v) is 13.2. The Morgan fingerprint density at radius 2 is 1.95 bits per heavy atom. The van der Waals surface area contributed by atoms with E-state index >= 15 is 0 Å². The largest absolute Gasteiger partial charge is 0.462 e. The fraction of sp³-hybridized carbons (Fsp3) is 0.375.